The Hall–Kier alpha value is -1.52. The molecule has 0 unspecified atom stereocenters. The molecule has 0 aliphatic carbocycles. The van der Waals surface area contributed by atoms with Gasteiger partial charge in [-0.05, 0) is 44.6 Å². The van der Waals surface area contributed by atoms with Crippen LogP contribution in [0.1, 0.15) is 6.42 Å². The van der Waals surface area contributed by atoms with Crippen LogP contribution in [0.15, 0.2) is 58.1 Å². The summed E-state index contributed by atoms with van der Waals surface area (Å²) in [6, 6.07) is 8.08. The minimum absolute atomic E-state index is 0.552. The van der Waals surface area contributed by atoms with Crippen molar-refractivity contribution in [2.75, 3.05) is 20.7 Å². The highest BCUT2D eigenvalue weighted by molar-refractivity contribution is 7.97. The van der Waals surface area contributed by atoms with Crippen molar-refractivity contribution in [3.63, 3.8) is 0 Å². The molecule has 0 atom stereocenters. The van der Waals surface area contributed by atoms with Crippen LogP contribution in [-0.4, -0.2) is 31.2 Å². The Bertz CT molecular complexity index is 507. The van der Waals surface area contributed by atoms with Gasteiger partial charge in [0.2, 0.25) is 0 Å². The number of allylic oxidation sites excluding steroid dienone is 2. The van der Waals surface area contributed by atoms with Gasteiger partial charge >= 0.3 is 0 Å². The summed E-state index contributed by atoms with van der Waals surface area (Å²) in [5, 5.41) is 0. The number of hydrogen-bond donors (Lipinski definition) is 0. The maximum atomic E-state index is 5.90. The summed E-state index contributed by atoms with van der Waals surface area (Å²) in [6.07, 6.45) is 8.74. The number of ether oxygens (including phenoxy) is 1. The molecule has 2 rings (SSSR count). The lowest BCUT2D eigenvalue weighted by Crippen LogP contribution is -2.05. The molecule has 19 heavy (non-hydrogen) atoms. The minimum atomic E-state index is 0.552. The summed E-state index contributed by atoms with van der Waals surface area (Å²) >= 11 is 1.66. The van der Waals surface area contributed by atoms with Crippen molar-refractivity contribution in [1.29, 1.82) is 0 Å². The second-order valence-electron chi connectivity index (χ2n) is 4.32. The van der Waals surface area contributed by atoms with Crippen LogP contribution in [0.2, 0.25) is 0 Å². The predicted octanol–water partition coefficient (Wildman–Crippen LogP) is 3.55. The van der Waals surface area contributed by atoms with E-state index in [0.717, 1.165) is 22.6 Å². The average molecular weight is 274 g/mol. The molecular formula is C15H18N2OS. The molecule has 0 amide bonds. The highest BCUT2D eigenvalue weighted by Crippen LogP contribution is 2.30. The zero-order valence-electron chi connectivity index (χ0n) is 11.2. The van der Waals surface area contributed by atoms with E-state index in [4.69, 9.17) is 4.74 Å². The van der Waals surface area contributed by atoms with Gasteiger partial charge in [-0.15, -0.1) is 0 Å². The predicted molar refractivity (Wildman–Crippen MR) is 81.8 cm³/mol. The van der Waals surface area contributed by atoms with Crippen molar-refractivity contribution in [3.8, 4) is 5.75 Å². The lowest BCUT2D eigenvalue weighted by molar-refractivity contribution is 0.349. The number of hydrogen-bond acceptors (Lipinski definition) is 4. The van der Waals surface area contributed by atoms with E-state index in [0.29, 0.717) is 6.61 Å². The molecule has 0 saturated carbocycles. The Labute approximate surface area is 118 Å². The van der Waals surface area contributed by atoms with Crippen LogP contribution in [-0.2, 0) is 0 Å². The van der Waals surface area contributed by atoms with Gasteiger partial charge in [-0.2, -0.15) is 0 Å². The monoisotopic (exact) mass is 274 g/mol. The molecule has 0 aromatic heterocycles. The first-order valence-corrected chi connectivity index (χ1v) is 6.97. The smallest absolute Gasteiger partial charge is 0.134 e. The van der Waals surface area contributed by atoms with Crippen molar-refractivity contribution < 1.29 is 4.74 Å². The van der Waals surface area contributed by atoms with Gasteiger partial charge in [0.25, 0.3) is 0 Å². The van der Waals surface area contributed by atoms with Crippen LogP contribution in [0, 0.1) is 0 Å². The van der Waals surface area contributed by atoms with Gasteiger partial charge in [-0.3, -0.25) is 9.30 Å². The minimum Gasteiger partial charge on any atom is -0.488 e. The van der Waals surface area contributed by atoms with Crippen LogP contribution < -0.4 is 4.74 Å². The zero-order chi connectivity index (χ0) is 13.5. The van der Waals surface area contributed by atoms with Crippen LogP contribution in [0.25, 0.3) is 0 Å². The molecule has 1 aromatic carbocycles. The van der Waals surface area contributed by atoms with Gasteiger partial charge in [0.05, 0.1) is 4.90 Å². The first-order chi connectivity index (χ1) is 9.25. The van der Waals surface area contributed by atoms with E-state index in [2.05, 4.69) is 21.4 Å². The van der Waals surface area contributed by atoms with Gasteiger partial charge in [0, 0.05) is 18.0 Å². The normalized spacial score (nSPS) is 14.4. The second-order valence-corrected chi connectivity index (χ2v) is 5.67. The van der Waals surface area contributed by atoms with Gasteiger partial charge in [-0.25, -0.2) is 0 Å². The Balaban J connectivity index is 2.01. The maximum absolute atomic E-state index is 5.90. The lowest BCUT2D eigenvalue weighted by Gasteiger charge is -2.14. The topological polar surface area (TPSA) is 24.8 Å². The van der Waals surface area contributed by atoms with E-state index in [1.54, 1.807) is 11.9 Å². The SMILES string of the molecule is CN(C)Sc1ccccc1OCC1=CCC=CN=C1. The molecule has 1 heterocycles. The summed E-state index contributed by atoms with van der Waals surface area (Å²) < 4.78 is 7.95. The molecule has 4 heteroatoms. The lowest BCUT2D eigenvalue weighted by atomic mass is 10.2. The fraction of sp³-hybridized carbons (Fsp3) is 0.267. The molecule has 0 saturated heterocycles. The van der Waals surface area contributed by atoms with E-state index in [1.165, 1.54) is 0 Å². The third kappa shape index (κ3) is 4.58. The summed E-state index contributed by atoms with van der Waals surface area (Å²) in [6.45, 7) is 0.552. The van der Waals surface area contributed by atoms with E-state index < -0.39 is 0 Å². The molecule has 1 aliphatic heterocycles. The molecule has 100 valence electrons. The fourth-order valence-corrected chi connectivity index (χ4v) is 2.38. The van der Waals surface area contributed by atoms with Gasteiger partial charge in [0.15, 0.2) is 0 Å². The fourth-order valence-electron chi connectivity index (χ4n) is 1.63. The third-order valence-electron chi connectivity index (χ3n) is 2.47. The van der Waals surface area contributed by atoms with Crippen LogP contribution >= 0.6 is 11.9 Å². The van der Waals surface area contributed by atoms with Gasteiger partial charge in [0.1, 0.15) is 12.4 Å². The first kappa shape index (κ1) is 13.9. The van der Waals surface area contributed by atoms with Crippen LogP contribution in [0.5, 0.6) is 5.75 Å². The molecule has 3 nitrogen and oxygen atoms in total. The molecular weight excluding hydrogens is 256 g/mol. The number of aliphatic imine (C=N–C) groups is 1. The molecule has 1 aromatic rings. The molecule has 0 bridgehead atoms. The highest BCUT2D eigenvalue weighted by atomic mass is 32.2. The number of nitrogens with zero attached hydrogens (tertiary/aromatic N) is 2. The van der Waals surface area contributed by atoms with Crippen LogP contribution in [0.4, 0.5) is 0 Å². The van der Waals surface area contributed by atoms with E-state index in [1.807, 2.05) is 50.8 Å². The summed E-state index contributed by atoms with van der Waals surface area (Å²) in [7, 11) is 4.04. The summed E-state index contributed by atoms with van der Waals surface area (Å²) in [4.78, 5) is 5.29. The highest BCUT2D eigenvalue weighted by Gasteiger charge is 2.06. The summed E-state index contributed by atoms with van der Waals surface area (Å²) in [5.41, 5.74) is 1.11. The molecule has 0 radical (unpaired) electrons. The number of para-hydroxylation sites is 1. The molecule has 0 spiro atoms. The van der Waals surface area contributed by atoms with Crippen molar-refractivity contribution in [3.05, 3.63) is 48.2 Å². The number of benzene rings is 1. The van der Waals surface area contributed by atoms with E-state index >= 15 is 0 Å². The standard InChI is InChI=1S/C15H18N2OS/c1-17(2)19-15-9-4-3-8-14(15)18-12-13-7-5-6-10-16-11-13/h3-4,6-11H,5,12H2,1-2H3. The quantitative estimate of drug-likeness (QED) is 0.768. The zero-order valence-corrected chi connectivity index (χ0v) is 12.1. The Morgan fingerprint density at radius 1 is 1.32 bits per heavy atom. The molecule has 0 fully saturated rings. The van der Waals surface area contributed by atoms with Crippen molar-refractivity contribution in [1.82, 2.24) is 4.31 Å². The first-order valence-electron chi connectivity index (χ1n) is 6.20. The average Bonchev–Trinajstić information content (AvgIpc) is 2.65. The summed E-state index contributed by atoms with van der Waals surface area (Å²) in [5.74, 6) is 0.910. The largest absolute Gasteiger partial charge is 0.488 e. The van der Waals surface area contributed by atoms with Crippen LogP contribution in [0.3, 0.4) is 0 Å². The molecule has 0 N–H and O–H groups in total. The Kier molecular flexibility index (Phi) is 5.24. The maximum Gasteiger partial charge on any atom is 0.134 e. The second kappa shape index (κ2) is 7.16. The molecule has 1 aliphatic rings. The third-order valence-corrected chi connectivity index (χ3v) is 3.37. The van der Waals surface area contributed by atoms with Crippen molar-refractivity contribution >= 4 is 18.2 Å². The van der Waals surface area contributed by atoms with E-state index in [9.17, 15) is 0 Å². The Morgan fingerprint density at radius 3 is 3.00 bits per heavy atom. The van der Waals surface area contributed by atoms with E-state index in [-0.39, 0.29) is 0 Å². The number of rotatable bonds is 5. The van der Waals surface area contributed by atoms with Gasteiger partial charge in [-0.1, -0.05) is 24.3 Å². The Morgan fingerprint density at radius 2 is 2.16 bits per heavy atom. The van der Waals surface area contributed by atoms with Crippen molar-refractivity contribution in [2.24, 2.45) is 4.99 Å². The van der Waals surface area contributed by atoms with Gasteiger partial charge < -0.3 is 4.74 Å². The van der Waals surface area contributed by atoms with Crippen molar-refractivity contribution in [2.45, 2.75) is 11.3 Å².